The molecule has 3 rings (SSSR count). The van der Waals surface area contributed by atoms with Crippen LogP contribution < -0.4 is 10.1 Å². The van der Waals surface area contributed by atoms with Crippen molar-refractivity contribution in [1.29, 1.82) is 0 Å². The number of benzene rings is 1. The summed E-state index contributed by atoms with van der Waals surface area (Å²) in [4.78, 5) is 11.6. The number of carbonyl (C=O) groups excluding carboxylic acids is 1. The Balaban J connectivity index is 1.65. The monoisotopic (exact) mass is 271 g/mol. The minimum absolute atomic E-state index is 0.0580. The van der Waals surface area contributed by atoms with Crippen molar-refractivity contribution in [1.82, 2.24) is 15.5 Å². The van der Waals surface area contributed by atoms with Crippen molar-refractivity contribution in [2.24, 2.45) is 0 Å². The van der Waals surface area contributed by atoms with Gasteiger partial charge in [-0.05, 0) is 37.5 Å². The first-order valence-electron chi connectivity index (χ1n) is 6.75. The number of nitrogens with zero attached hydrogens (tertiary/aromatic N) is 1. The minimum Gasteiger partial charge on any atom is -0.484 e. The SMILES string of the molecule is Cc1[nH]ncc1-c1cccc(OCC(=O)NC2CC2)c1. The van der Waals surface area contributed by atoms with E-state index in [0.717, 1.165) is 29.7 Å². The van der Waals surface area contributed by atoms with E-state index in [1.54, 1.807) is 6.20 Å². The summed E-state index contributed by atoms with van der Waals surface area (Å²) in [6, 6.07) is 8.04. The number of nitrogens with one attached hydrogen (secondary N) is 2. The van der Waals surface area contributed by atoms with Gasteiger partial charge >= 0.3 is 0 Å². The van der Waals surface area contributed by atoms with Crippen LogP contribution in [0.1, 0.15) is 18.5 Å². The van der Waals surface area contributed by atoms with Gasteiger partial charge in [-0.1, -0.05) is 12.1 Å². The lowest BCUT2D eigenvalue weighted by atomic mass is 10.1. The Bertz CT molecular complexity index is 617. The third-order valence-corrected chi connectivity index (χ3v) is 3.29. The van der Waals surface area contributed by atoms with Crippen LogP contribution in [0.15, 0.2) is 30.5 Å². The van der Waals surface area contributed by atoms with E-state index in [4.69, 9.17) is 4.74 Å². The van der Waals surface area contributed by atoms with Crippen molar-refractivity contribution >= 4 is 5.91 Å². The molecule has 1 aliphatic rings. The van der Waals surface area contributed by atoms with Crippen LogP contribution in [0.3, 0.4) is 0 Å². The van der Waals surface area contributed by atoms with Crippen LogP contribution in [0.5, 0.6) is 5.75 Å². The van der Waals surface area contributed by atoms with E-state index in [-0.39, 0.29) is 12.5 Å². The van der Waals surface area contributed by atoms with Gasteiger partial charge in [-0.3, -0.25) is 9.89 Å². The number of carbonyl (C=O) groups is 1. The minimum atomic E-state index is -0.0580. The van der Waals surface area contributed by atoms with Crippen LogP contribution in [0.25, 0.3) is 11.1 Å². The van der Waals surface area contributed by atoms with E-state index < -0.39 is 0 Å². The van der Waals surface area contributed by atoms with Gasteiger partial charge in [0.05, 0.1) is 6.20 Å². The van der Waals surface area contributed by atoms with Crippen molar-refractivity contribution in [2.75, 3.05) is 6.61 Å². The molecule has 104 valence electrons. The number of aryl methyl sites for hydroxylation is 1. The Morgan fingerprint density at radius 2 is 2.35 bits per heavy atom. The summed E-state index contributed by atoms with van der Waals surface area (Å²) in [5.74, 6) is 0.631. The second-order valence-electron chi connectivity index (χ2n) is 5.07. The third kappa shape index (κ3) is 2.99. The average molecular weight is 271 g/mol. The van der Waals surface area contributed by atoms with Crippen LogP contribution in [0, 0.1) is 6.92 Å². The fraction of sp³-hybridized carbons (Fsp3) is 0.333. The molecule has 0 aliphatic heterocycles. The van der Waals surface area contributed by atoms with E-state index in [2.05, 4.69) is 15.5 Å². The molecule has 20 heavy (non-hydrogen) atoms. The number of aromatic nitrogens is 2. The van der Waals surface area contributed by atoms with Crippen molar-refractivity contribution in [2.45, 2.75) is 25.8 Å². The fourth-order valence-electron chi connectivity index (χ4n) is 2.04. The molecule has 0 spiro atoms. The molecule has 1 aromatic carbocycles. The highest BCUT2D eigenvalue weighted by atomic mass is 16.5. The Morgan fingerprint density at radius 1 is 1.50 bits per heavy atom. The number of H-pyrrole nitrogens is 1. The number of hydrogen-bond acceptors (Lipinski definition) is 3. The molecule has 1 aliphatic carbocycles. The summed E-state index contributed by atoms with van der Waals surface area (Å²) in [5.41, 5.74) is 3.07. The number of ether oxygens (including phenoxy) is 1. The highest BCUT2D eigenvalue weighted by Gasteiger charge is 2.23. The third-order valence-electron chi connectivity index (χ3n) is 3.29. The second kappa shape index (κ2) is 5.36. The first-order chi connectivity index (χ1) is 9.72. The Hall–Kier alpha value is -2.30. The van der Waals surface area contributed by atoms with Gasteiger partial charge in [0.15, 0.2) is 6.61 Å². The lowest BCUT2D eigenvalue weighted by molar-refractivity contribution is -0.123. The number of aromatic amines is 1. The summed E-state index contributed by atoms with van der Waals surface area (Å²) in [7, 11) is 0. The molecular formula is C15H17N3O2. The zero-order valence-corrected chi connectivity index (χ0v) is 11.3. The molecule has 0 radical (unpaired) electrons. The normalized spacial score (nSPS) is 14.1. The van der Waals surface area contributed by atoms with E-state index in [1.807, 2.05) is 31.2 Å². The Kier molecular flexibility index (Phi) is 3.41. The number of hydrogen-bond donors (Lipinski definition) is 2. The summed E-state index contributed by atoms with van der Waals surface area (Å²) in [5, 5.41) is 9.82. The smallest absolute Gasteiger partial charge is 0.258 e. The molecule has 2 aromatic rings. The van der Waals surface area contributed by atoms with Gasteiger partial charge in [-0.25, -0.2) is 0 Å². The molecule has 1 fully saturated rings. The van der Waals surface area contributed by atoms with E-state index in [1.165, 1.54) is 0 Å². The highest BCUT2D eigenvalue weighted by Crippen LogP contribution is 2.25. The topological polar surface area (TPSA) is 67.0 Å². The van der Waals surface area contributed by atoms with E-state index in [9.17, 15) is 4.79 Å². The molecule has 0 bridgehead atoms. The van der Waals surface area contributed by atoms with Gasteiger partial charge in [0.2, 0.25) is 0 Å². The second-order valence-corrected chi connectivity index (χ2v) is 5.07. The van der Waals surface area contributed by atoms with Crippen LogP contribution in [-0.2, 0) is 4.79 Å². The maximum absolute atomic E-state index is 11.6. The van der Waals surface area contributed by atoms with Crippen LogP contribution >= 0.6 is 0 Å². The molecule has 2 N–H and O–H groups in total. The molecule has 0 atom stereocenters. The van der Waals surface area contributed by atoms with Gasteiger partial charge in [-0.15, -0.1) is 0 Å². The van der Waals surface area contributed by atoms with Crippen molar-refractivity contribution in [3.8, 4) is 16.9 Å². The predicted molar refractivity (Wildman–Crippen MR) is 75.4 cm³/mol. The molecule has 1 amide bonds. The van der Waals surface area contributed by atoms with Gasteiger partial charge in [0.25, 0.3) is 5.91 Å². The Morgan fingerprint density at radius 3 is 3.05 bits per heavy atom. The van der Waals surface area contributed by atoms with Crippen LogP contribution in [-0.4, -0.2) is 28.8 Å². The highest BCUT2D eigenvalue weighted by molar-refractivity contribution is 5.78. The summed E-state index contributed by atoms with van der Waals surface area (Å²) in [6.45, 7) is 2.03. The van der Waals surface area contributed by atoms with Crippen LogP contribution in [0.4, 0.5) is 0 Å². The quantitative estimate of drug-likeness (QED) is 0.874. The summed E-state index contributed by atoms with van der Waals surface area (Å²) < 4.78 is 5.53. The molecule has 1 heterocycles. The zero-order valence-electron chi connectivity index (χ0n) is 11.3. The summed E-state index contributed by atoms with van der Waals surface area (Å²) in [6.07, 6.45) is 3.95. The van der Waals surface area contributed by atoms with E-state index in [0.29, 0.717) is 11.8 Å². The maximum atomic E-state index is 11.6. The largest absolute Gasteiger partial charge is 0.484 e. The van der Waals surface area contributed by atoms with Gasteiger partial charge in [0.1, 0.15) is 5.75 Å². The molecule has 0 saturated heterocycles. The molecule has 5 heteroatoms. The standard InChI is InChI=1S/C15H17N3O2/c1-10-14(8-16-18-10)11-3-2-4-13(7-11)20-9-15(19)17-12-5-6-12/h2-4,7-8,12H,5-6,9H2,1H3,(H,16,18)(H,17,19). The van der Waals surface area contributed by atoms with Gasteiger partial charge < -0.3 is 10.1 Å². The first-order valence-corrected chi connectivity index (χ1v) is 6.75. The Labute approximate surface area is 117 Å². The van der Waals surface area contributed by atoms with Gasteiger partial charge in [0, 0.05) is 17.3 Å². The molecule has 0 unspecified atom stereocenters. The molecular weight excluding hydrogens is 254 g/mol. The van der Waals surface area contributed by atoms with E-state index >= 15 is 0 Å². The van der Waals surface area contributed by atoms with Crippen molar-refractivity contribution in [3.05, 3.63) is 36.2 Å². The van der Waals surface area contributed by atoms with Crippen LogP contribution in [0.2, 0.25) is 0 Å². The molecule has 5 nitrogen and oxygen atoms in total. The van der Waals surface area contributed by atoms with Crippen molar-refractivity contribution in [3.63, 3.8) is 0 Å². The maximum Gasteiger partial charge on any atom is 0.258 e. The zero-order chi connectivity index (χ0) is 13.9. The number of amides is 1. The van der Waals surface area contributed by atoms with Crippen molar-refractivity contribution < 1.29 is 9.53 Å². The molecule has 1 aromatic heterocycles. The summed E-state index contributed by atoms with van der Waals surface area (Å²) >= 11 is 0. The fourth-order valence-corrected chi connectivity index (χ4v) is 2.04. The number of rotatable bonds is 5. The lowest BCUT2D eigenvalue weighted by Crippen LogP contribution is -2.30. The lowest BCUT2D eigenvalue weighted by Gasteiger charge is -2.08. The van der Waals surface area contributed by atoms with Gasteiger partial charge in [-0.2, -0.15) is 5.10 Å². The average Bonchev–Trinajstić information content (AvgIpc) is 3.15. The molecule has 1 saturated carbocycles. The predicted octanol–water partition coefficient (Wildman–Crippen LogP) is 2.04. The first kappa shape index (κ1) is 12.7.